The van der Waals surface area contributed by atoms with Crippen LogP contribution < -0.4 is 0 Å². The second-order valence-electron chi connectivity index (χ2n) is 2.16. The van der Waals surface area contributed by atoms with Gasteiger partial charge in [-0.2, -0.15) is 0 Å². The predicted octanol–water partition coefficient (Wildman–Crippen LogP) is 1.71. The van der Waals surface area contributed by atoms with E-state index in [2.05, 4.69) is 13.6 Å². The molecule has 0 amide bonds. The Morgan fingerprint density at radius 1 is 1.13 bits per heavy atom. The molecule has 0 bridgehead atoms. The molecule has 0 aromatic heterocycles. The van der Waals surface area contributed by atoms with Gasteiger partial charge in [-0.25, -0.2) is 9.36 Å². The molecule has 0 atom stereocenters. The van der Waals surface area contributed by atoms with Gasteiger partial charge in [0.25, 0.3) is 0 Å². The normalized spacial score (nSPS) is 11.6. The first-order valence-electron chi connectivity index (χ1n) is 3.91. The standard InChI is InChI=1S/C6H11Cl2O6P/c7-1-3-12-15(11,13-4-2-8)14-5-6(9)10/h1-5H2,(H,9,10). The maximum atomic E-state index is 11.6. The number of aliphatic carboxylic acids is 1. The lowest BCUT2D eigenvalue weighted by atomic mass is 10.8. The van der Waals surface area contributed by atoms with Crippen LogP contribution in [0.15, 0.2) is 0 Å². The minimum atomic E-state index is -3.86. The van der Waals surface area contributed by atoms with Crippen LogP contribution >= 0.6 is 31.0 Å². The summed E-state index contributed by atoms with van der Waals surface area (Å²) < 4.78 is 25.5. The zero-order chi connectivity index (χ0) is 11.7. The van der Waals surface area contributed by atoms with Gasteiger partial charge in [0.2, 0.25) is 0 Å². The van der Waals surface area contributed by atoms with Crippen LogP contribution in [0.25, 0.3) is 0 Å². The van der Waals surface area contributed by atoms with Gasteiger partial charge in [-0.3, -0.25) is 13.6 Å². The van der Waals surface area contributed by atoms with Crippen LogP contribution in [-0.4, -0.2) is 42.7 Å². The van der Waals surface area contributed by atoms with Crippen LogP contribution in [-0.2, 0) is 22.9 Å². The summed E-state index contributed by atoms with van der Waals surface area (Å²) in [6.07, 6.45) is 0. The Kier molecular flexibility index (Phi) is 8.42. The number of carbonyl (C=O) groups is 1. The van der Waals surface area contributed by atoms with E-state index in [0.717, 1.165) is 0 Å². The highest BCUT2D eigenvalue weighted by atomic mass is 35.5. The fourth-order valence-corrected chi connectivity index (χ4v) is 2.03. The summed E-state index contributed by atoms with van der Waals surface area (Å²) in [5.41, 5.74) is 0. The van der Waals surface area contributed by atoms with E-state index >= 15 is 0 Å². The summed E-state index contributed by atoms with van der Waals surface area (Å²) in [7, 11) is -3.86. The summed E-state index contributed by atoms with van der Waals surface area (Å²) in [5, 5.41) is 8.32. The molecule has 90 valence electrons. The molecule has 9 heteroatoms. The molecule has 0 heterocycles. The third-order valence-electron chi connectivity index (χ3n) is 0.999. The molecule has 15 heavy (non-hydrogen) atoms. The lowest BCUT2D eigenvalue weighted by Crippen LogP contribution is -2.10. The monoisotopic (exact) mass is 280 g/mol. The molecule has 0 aliphatic heterocycles. The molecule has 0 aromatic rings. The number of carboxylic acid groups (broad SMARTS) is 1. The van der Waals surface area contributed by atoms with Crippen LogP contribution in [0.5, 0.6) is 0 Å². The fourth-order valence-electron chi connectivity index (χ4n) is 0.539. The number of phosphoric ester groups is 1. The van der Waals surface area contributed by atoms with Gasteiger partial charge in [-0.1, -0.05) is 0 Å². The van der Waals surface area contributed by atoms with Crippen molar-refractivity contribution < 1.29 is 28.0 Å². The van der Waals surface area contributed by atoms with Crippen molar-refractivity contribution in [1.29, 1.82) is 0 Å². The van der Waals surface area contributed by atoms with Crippen molar-refractivity contribution in [2.45, 2.75) is 0 Å². The van der Waals surface area contributed by atoms with Gasteiger partial charge in [0.1, 0.15) is 0 Å². The Balaban J connectivity index is 4.13. The second-order valence-corrected chi connectivity index (χ2v) is 4.58. The van der Waals surface area contributed by atoms with Gasteiger partial charge in [0.15, 0.2) is 6.61 Å². The highest BCUT2D eigenvalue weighted by Gasteiger charge is 2.27. The Morgan fingerprint density at radius 2 is 1.60 bits per heavy atom. The van der Waals surface area contributed by atoms with Crippen molar-refractivity contribution in [3.8, 4) is 0 Å². The highest BCUT2D eigenvalue weighted by molar-refractivity contribution is 7.48. The molecule has 1 N–H and O–H groups in total. The van der Waals surface area contributed by atoms with Gasteiger partial charge in [0, 0.05) is 11.8 Å². The van der Waals surface area contributed by atoms with Crippen LogP contribution in [0.3, 0.4) is 0 Å². The Morgan fingerprint density at radius 3 is 1.93 bits per heavy atom. The van der Waals surface area contributed by atoms with E-state index in [1.54, 1.807) is 0 Å². The van der Waals surface area contributed by atoms with Gasteiger partial charge < -0.3 is 5.11 Å². The molecule has 0 spiro atoms. The number of halogens is 2. The van der Waals surface area contributed by atoms with Crippen LogP contribution in [0.1, 0.15) is 0 Å². The average Bonchev–Trinajstić information content (AvgIpc) is 2.21. The van der Waals surface area contributed by atoms with Gasteiger partial charge in [-0.05, 0) is 0 Å². The van der Waals surface area contributed by atoms with Crippen molar-refractivity contribution >= 4 is 37.0 Å². The van der Waals surface area contributed by atoms with Crippen molar-refractivity contribution in [3.05, 3.63) is 0 Å². The van der Waals surface area contributed by atoms with E-state index in [9.17, 15) is 9.36 Å². The zero-order valence-electron chi connectivity index (χ0n) is 7.73. The molecule has 0 fully saturated rings. The quantitative estimate of drug-likeness (QED) is 0.511. The summed E-state index contributed by atoms with van der Waals surface area (Å²) in [6, 6.07) is 0. The van der Waals surface area contributed by atoms with Crippen molar-refractivity contribution in [2.24, 2.45) is 0 Å². The highest BCUT2D eigenvalue weighted by Crippen LogP contribution is 2.49. The number of hydrogen-bond donors (Lipinski definition) is 1. The van der Waals surface area contributed by atoms with Crippen LogP contribution in [0.2, 0.25) is 0 Å². The molecule has 0 rings (SSSR count). The minimum Gasteiger partial charge on any atom is -0.480 e. The molecule has 0 saturated carbocycles. The third-order valence-corrected chi connectivity index (χ3v) is 2.75. The molecule has 0 aliphatic carbocycles. The number of rotatable bonds is 9. The number of phosphoric acid groups is 1. The Hall–Kier alpha value is 0.160. The largest absolute Gasteiger partial charge is 0.480 e. The van der Waals surface area contributed by atoms with Crippen LogP contribution in [0, 0.1) is 0 Å². The first-order chi connectivity index (χ1) is 7.04. The van der Waals surface area contributed by atoms with E-state index < -0.39 is 20.4 Å². The SMILES string of the molecule is O=C(O)COP(=O)(OCCCl)OCCCl. The molecule has 0 radical (unpaired) electrons. The Labute approximate surface area is 97.0 Å². The van der Waals surface area contributed by atoms with E-state index in [-0.39, 0.29) is 25.0 Å². The lowest BCUT2D eigenvalue weighted by Gasteiger charge is -2.15. The van der Waals surface area contributed by atoms with E-state index in [4.69, 9.17) is 28.3 Å². The topological polar surface area (TPSA) is 82.1 Å². The molecule has 0 aliphatic rings. The van der Waals surface area contributed by atoms with E-state index in [1.807, 2.05) is 0 Å². The van der Waals surface area contributed by atoms with Crippen molar-refractivity contribution in [3.63, 3.8) is 0 Å². The minimum absolute atomic E-state index is 0.0687. The molecular formula is C6H11Cl2O6P. The maximum absolute atomic E-state index is 11.6. The molecular weight excluding hydrogens is 270 g/mol. The summed E-state index contributed by atoms with van der Waals surface area (Å²) in [6.45, 7) is -0.913. The summed E-state index contributed by atoms with van der Waals surface area (Å²) in [4.78, 5) is 10.2. The van der Waals surface area contributed by atoms with Gasteiger partial charge >= 0.3 is 13.8 Å². The van der Waals surface area contributed by atoms with E-state index in [0.29, 0.717) is 0 Å². The molecule has 0 aromatic carbocycles. The number of hydrogen-bond acceptors (Lipinski definition) is 5. The Bertz CT molecular complexity index is 224. The van der Waals surface area contributed by atoms with Gasteiger partial charge in [-0.15, -0.1) is 23.2 Å². The third kappa shape index (κ3) is 8.02. The van der Waals surface area contributed by atoms with Crippen LogP contribution in [0.4, 0.5) is 0 Å². The number of carboxylic acids is 1. The van der Waals surface area contributed by atoms with Crippen molar-refractivity contribution in [2.75, 3.05) is 31.6 Å². The summed E-state index contributed by atoms with van der Waals surface area (Å²) >= 11 is 10.6. The number of alkyl halides is 2. The smallest absolute Gasteiger partial charge is 0.475 e. The predicted molar refractivity (Wildman–Crippen MR) is 54.5 cm³/mol. The first-order valence-corrected chi connectivity index (χ1v) is 6.44. The molecule has 0 saturated heterocycles. The zero-order valence-corrected chi connectivity index (χ0v) is 10.1. The maximum Gasteiger partial charge on any atom is 0.475 e. The summed E-state index contributed by atoms with van der Waals surface area (Å²) in [5.74, 6) is -1.10. The van der Waals surface area contributed by atoms with Crippen molar-refractivity contribution in [1.82, 2.24) is 0 Å². The second kappa shape index (κ2) is 8.33. The first kappa shape index (κ1) is 15.2. The average molecular weight is 281 g/mol. The lowest BCUT2D eigenvalue weighted by molar-refractivity contribution is -0.140. The van der Waals surface area contributed by atoms with E-state index in [1.165, 1.54) is 0 Å². The fraction of sp³-hybridized carbons (Fsp3) is 0.833. The molecule has 6 nitrogen and oxygen atoms in total. The molecule has 0 unspecified atom stereocenters. The van der Waals surface area contributed by atoms with Gasteiger partial charge in [0.05, 0.1) is 13.2 Å².